The molecule has 0 spiro atoms. The molecule has 27 heavy (non-hydrogen) atoms. The minimum absolute atomic E-state index is 0.239. The molecular formula is C20H21FN2O4. The first kappa shape index (κ1) is 19.0. The Morgan fingerprint density at radius 1 is 1.19 bits per heavy atom. The first-order valence-electron chi connectivity index (χ1n) is 8.49. The summed E-state index contributed by atoms with van der Waals surface area (Å²) in [5.41, 5.74) is 2.98. The van der Waals surface area contributed by atoms with Crippen molar-refractivity contribution in [2.24, 2.45) is 0 Å². The number of rotatable bonds is 8. The van der Waals surface area contributed by atoms with Crippen LogP contribution in [0, 0.1) is 5.82 Å². The number of carbonyl (C=O) groups excluding carboxylic acids is 1. The highest BCUT2D eigenvalue weighted by molar-refractivity contribution is 5.93. The van der Waals surface area contributed by atoms with E-state index in [-0.39, 0.29) is 11.5 Å². The molecule has 0 N–H and O–H groups in total. The van der Waals surface area contributed by atoms with Gasteiger partial charge in [0.05, 0.1) is 38.6 Å². The zero-order valence-corrected chi connectivity index (χ0v) is 15.3. The molecule has 142 valence electrons. The van der Waals surface area contributed by atoms with Crippen LogP contribution in [-0.4, -0.2) is 43.0 Å². The van der Waals surface area contributed by atoms with Crippen molar-refractivity contribution in [3.8, 4) is 0 Å². The van der Waals surface area contributed by atoms with Gasteiger partial charge in [-0.25, -0.2) is 14.2 Å². The number of pyridine rings is 1. The highest BCUT2D eigenvalue weighted by Crippen LogP contribution is 2.24. The topological polar surface area (TPSA) is 62.6 Å². The van der Waals surface area contributed by atoms with Crippen LogP contribution in [0.3, 0.4) is 0 Å². The van der Waals surface area contributed by atoms with Gasteiger partial charge in [0.2, 0.25) is 0 Å². The van der Waals surface area contributed by atoms with E-state index in [0.717, 1.165) is 22.0 Å². The van der Waals surface area contributed by atoms with Crippen molar-refractivity contribution in [1.82, 2.24) is 9.55 Å². The molecule has 0 aliphatic heterocycles. The second kappa shape index (κ2) is 8.75. The normalized spacial score (nSPS) is 11.1. The maximum Gasteiger partial charge on any atom is 0.356 e. The van der Waals surface area contributed by atoms with E-state index < -0.39 is 5.97 Å². The van der Waals surface area contributed by atoms with Gasteiger partial charge in [0, 0.05) is 30.8 Å². The first-order chi connectivity index (χ1) is 13.1. The molecule has 2 heterocycles. The highest BCUT2D eigenvalue weighted by atomic mass is 19.1. The molecule has 0 unspecified atom stereocenters. The van der Waals surface area contributed by atoms with E-state index in [1.165, 1.54) is 19.2 Å². The van der Waals surface area contributed by atoms with Crippen LogP contribution >= 0.6 is 0 Å². The van der Waals surface area contributed by atoms with Gasteiger partial charge in [-0.2, -0.15) is 0 Å². The molecule has 0 aliphatic carbocycles. The van der Waals surface area contributed by atoms with Gasteiger partial charge in [-0.05, 0) is 23.8 Å². The molecule has 0 fully saturated rings. The van der Waals surface area contributed by atoms with Crippen LogP contribution in [0.25, 0.3) is 10.9 Å². The number of benzene rings is 1. The lowest BCUT2D eigenvalue weighted by atomic mass is 10.2. The lowest BCUT2D eigenvalue weighted by Crippen LogP contribution is -2.04. The summed E-state index contributed by atoms with van der Waals surface area (Å²) in [5, 5.41) is 0.866. The molecule has 6 nitrogen and oxygen atoms in total. The predicted molar refractivity (Wildman–Crippen MR) is 98.1 cm³/mol. The van der Waals surface area contributed by atoms with E-state index in [4.69, 9.17) is 14.2 Å². The standard InChI is InChI=1S/C20H21FN2O4/c1-25-7-8-27-13-15-12-23(11-14-3-5-16(21)6-4-14)19-10-22-18(9-17(15)19)20(24)26-2/h3-6,9-10,12H,7-8,11,13H2,1-2H3. The number of aromatic nitrogens is 2. The molecule has 3 rings (SSSR count). The predicted octanol–water partition coefficient (Wildman–Crippen LogP) is 3.17. The number of halogens is 1. The summed E-state index contributed by atoms with van der Waals surface area (Å²) in [6, 6.07) is 8.06. The van der Waals surface area contributed by atoms with Gasteiger partial charge < -0.3 is 18.8 Å². The molecule has 2 aromatic heterocycles. The van der Waals surface area contributed by atoms with E-state index in [1.54, 1.807) is 31.5 Å². The molecule has 7 heteroatoms. The largest absolute Gasteiger partial charge is 0.464 e. The van der Waals surface area contributed by atoms with E-state index >= 15 is 0 Å². The van der Waals surface area contributed by atoms with E-state index in [9.17, 15) is 9.18 Å². The van der Waals surface area contributed by atoms with Crippen molar-refractivity contribution < 1.29 is 23.4 Å². The third-order valence-electron chi connectivity index (χ3n) is 4.20. The molecule has 1 aromatic carbocycles. The maximum atomic E-state index is 13.2. The van der Waals surface area contributed by atoms with Gasteiger partial charge in [-0.15, -0.1) is 0 Å². The molecule has 0 amide bonds. The van der Waals surface area contributed by atoms with E-state index in [1.807, 2.05) is 10.8 Å². The third-order valence-corrected chi connectivity index (χ3v) is 4.20. The maximum absolute atomic E-state index is 13.2. The van der Waals surface area contributed by atoms with Crippen LogP contribution in [0.1, 0.15) is 21.6 Å². The summed E-state index contributed by atoms with van der Waals surface area (Å²) in [7, 11) is 2.94. The number of methoxy groups -OCH3 is 2. The molecule has 0 bridgehead atoms. The average Bonchev–Trinajstić information content (AvgIpc) is 3.03. The number of nitrogens with zero attached hydrogens (tertiary/aromatic N) is 2. The number of fused-ring (bicyclic) bond motifs is 1. The van der Waals surface area contributed by atoms with Crippen molar-refractivity contribution in [2.75, 3.05) is 27.4 Å². The number of carbonyl (C=O) groups is 1. The van der Waals surface area contributed by atoms with Gasteiger partial charge >= 0.3 is 5.97 Å². The van der Waals surface area contributed by atoms with Gasteiger partial charge in [0.1, 0.15) is 11.5 Å². The molecular weight excluding hydrogens is 351 g/mol. The lowest BCUT2D eigenvalue weighted by molar-refractivity contribution is 0.0594. The Morgan fingerprint density at radius 3 is 2.67 bits per heavy atom. The number of hydrogen-bond acceptors (Lipinski definition) is 5. The van der Waals surface area contributed by atoms with Crippen LogP contribution in [0.15, 0.2) is 42.7 Å². The van der Waals surface area contributed by atoms with Crippen LogP contribution in [0.5, 0.6) is 0 Å². The van der Waals surface area contributed by atoms with Crippen LogP contribution in [-0.2, 0) is 27.4 Å². The average molecular weight is 372 g/mol. The summed E-state index contributed by atoms with van der Waals surface area (Å²) >= 11 is 0. The van der Waals surface area contributed by atoms with Crippen molar-refractivity contribution in [1.29, 1.82) is 0 Å². The second-order valence-electron chi connectivity index (χ2n) is 6.03. The van der Waals surface area contributed by atoms with Crippen molar-refractivity contribution in [2.45, 2.75) is 13.2 Å². The number of hydrogen-bond donors (Lipinski definition) is 0. The molecule has 0 aliphatic rings. The summed E-state index contributed by atoms with van der Waals surface area (Å²) in [6.07, 6.45) is 3.60. The van der Waals surface area contributed by atoms with E-state index in [2.05, 4.69) is 4.98 Å². The molecule has 3 aromatic rings. The first-order valence-corrected chi connectivity index (χ1v) is 8.49. The Hall–Kier alpha value is -2.77. The Kier molecular flexibility index (Phi) is 6.16. The van der Waals surface area contributed by atoms with Gasteiger partial charge in [0.15, 0.2) is 0 Å². The Balaban J connectivity index is 1.94. The van der Waals surface area contributed by atoms with Crippen molar-refractivity contribution in [3.05, 3.63) is 65.4 Å². The Morgan fingerprint density at radius 2 is 1.96 bits per heavy atom. The van der Waals surface area contributed by atoms with Crippen molar-refractivity contribution >= 4 is 16.9 Å². The van der Waals surface area contributed by atoms with Crippen molar-refractivity contribution in [3.63, 3.8) is 0 Å². The van der Waals surface area contributed by atoms with Gasteiger partial charge in [0.25, 0.3) is 0 Å². The zero-order chi connectivity index (χ0) is 19.2. The quantitative estimate of drug-likeness (QED) is 0.449. The minimum Gasteiger partial charge on any atom is -0.464 e. The van der Waals surface area contributed by atoms with Crippen LogP contribution in [0.2, 0.25) is 0 Å². The Bertz CT molecular complexity index is 922. The smallest absolute Gasteiger partial charge is 0.356 e. The van der Waals surface area contributed by atoms with Crippen LogP contribution < -0.4 is 0 Å². The van der Waals surface area contributed by atoms with Crippen LogP contribution in [0.4, 0.5) is 4.39 Å². The highest BCUT2D eigenvalue weighted by Gasteiger charge is 2.14. The summed E-state index contributed by atoms with van der Waals surface area (Å²) in [6.45, 7) is 1.90. The second-order valence-corrected chi connectivity index (χ2v) is 6.03. The van der Waals surface area contributed by atoms with Gasteiger partial charge in [-0.3, -0.25) is 0 Å². The van der Waals surface area contributed by atoms with Gasteiger partial charge in [-0.1, -0.05) is 12.1 Å². The summed E-state index contributed by atoms with van der Waals surface area (Å²) in [4.78, 5) is 16.0. The fraction of sp³-hybridized carbons (Fsp3) is 0.300. The fourth-order valence-electron chi connectivity index (χ4n) is 2.83. The molecule has 0 radical (unpaired) electrons. The monoisotopic (exact) mass is 372 g/mol. The fourth-order valence-corrected chi connectivity index (χ4v) is 2.83. The molecule has 0 atom stereocenters. The zero-order valence-electron chi connectivity index (χ0n) is 15.3. The summed E-state index contributed by atoms with van der Waals surface area (Å²) < 4.78 is 30.6. The number of esters is 1. The Labute approximate surface area is 156 Å². The molecule has 0 saturated carbocycles. The minimum atomic E-state index is -0.491. The SMILES string of the molecule is COCCOCc1cn(Cc2ccc(F)cc2)c2cnc(C(=O)OC)cc12. The summed E-state index contributed by atoms with van der Waals surface area (Å²) in [5.74, 6) is -0.762. The lowest BCUT2D eigenvalue weighted by Gasteiger charge is -2.06. The molecule has 0 saturated heterocycles. The third kappa shape index (κ3) is 4.50. The number of ether oxygens (including phenoxy) is 3. The van der Waals surface area contributed by atoms with E-state index in [0.29, 0.717) is 26.4 Å².